The molecule has 3 N–H and O–H groups in total. The summed E-state index contributed by atoms with van der Waals surface area (Å²) in [4.78, 5) is 16.6. The average Bonchev–Trinajstić information content (AvgIpc) is 2.49. The number of nitrogens with one attached hydrogen (secondary N) is 1. The zero-order chi connectivity index (χ0) is 14.6. The summed E-state index contributed by atoms with van der Waals surface area (Å²) in [5.41, 5.74) is 6.63. The molecule has 4 heteroatoms. The molecule has 1 saturated carbocycles. The lowest BCUT2D eigenvalue weighted by atomic mass is 9.70. The Balaban J connectivity index is 2.03. The third-order valence-electron chi connectivity index (χ3n) is 4.66. The van der Waals surface area contributed by atoms with Crippen molar-refractivity contribution in [3.8, 4) is 0 Å². The van der Waals surface area contributed by atoms with Crippen LogP contribution in [0, 0.1) is 11.3 Å². The van der Waals surface area contributed by atoms with Crippen molar-refractivity contribution in [3.63, 3.8) is 0 Å². The zero-order valence-electron chi connectivity index (χ0n) is 12.4. The Labute approximate surface area is 121 Å². The number of aromatic nitrogens is 1. The van der Waals surface area contributed by atoms with Gasteiger partial charge >= 0.3 is 0 Å². The average molecular weight is 275 g/mol. The Morgan fingerprint density at radius 3 is 2.60 bits per heavy atom. The largest absolute Gasteiger partial charge is 0.349 e. The molecular weight excluding hydrogens is 250 g/mol. The van der Waals surface area contributed by atoms with Gasteiger partial charge in [0.05, 0.1) is 11.5 Å². The lowest BCUT2D eigenvalue weighted by Gasteiger charge is -2.37. The molecule has 1 fully saturated rings. The van der Waals surface area contributed by atoms with Gasteiger partial charge in [-0.05, 0) is 56.2 Å². The minimum atomic E-state index is -0.367. The maximum atomic E-state index is 12.6. The molecular formula is C16H25N3O. The topological polar surface area (TPSA) is 68.0 Å². The van der Waals surface area contributed by atoms with Crippen LogP contribution in [0.2, 0.25) is 0 Å². The summed E-state index contributed by atoms with van der Waals surface area (Å²) in [5, 5.41) is 3.13. The summed E-state index contributed by atoms with van der Waals surface area (Å²) >= 11 is 0. The Morgan fingerprint density at radius 1 is 1.45 bits per heavy atom. The van der Waals surface area contributed by atoms with Crippen LogP contribution in [0.5, 0.6) is 0 Å². The third kappa shape index (κ3) is 3.18. The molecule has 0 spiro atoms. The van der Waals surface area contributed by atoms with Crippen LogP contribution in [0.15, 0.2) is 24.5 Å². The van der Waals surface area contributed by atoms with E-state index < -0.39 is 0 Å². The lowest BCUT2D eigenvalue weighted by Crippen LogP contribution is -2.48. The maximum absolute atomic E-state index is 12.6. The van der Waals surface area contributed by atoms with E-state index >= 15 is 0 Å². The van der Waals surface area contributed by atoms with Crippen molar-refractivity contribution in [2.75, 3.05) is 6.54 Å². The highest BCUT2D eigenvalue weighted by Crippen LogP contribution is 2.38. The first-order valence-corrected chi connectivity index (χ1v) is 7.48. The number of rotatable bonds is 4. The van der Waals surface area contributed by atoms with E-state index in [1.807, 2.05) is 19.1 Å². The van der Waals surface area contributed by atoms with Gasteiger partial charge in [0.25, 0.3) is 0 Å². The minimum Gasteiger partial charge on any atom is -0.349 e. The van der Waals surface area contributed by atoms with Gasteiger partial charge in [-0.2, -0.15) is 0 Å². The molecule has 0 saturated heterocycles. The van der Waals surface area contributed by atoms with E-state index in [1.165, 1.54) is 0 Å². The van der Waals surface area contributed by atoms with Gasteiger partial charge in [0, 0.05) is 18.9 Å². The van der Waals surface area contributed by atoms with E-state index in [4.69, 9.17) is 5.73 Å². The number of hydrogen-bond donors (Lipinski definition) is 2. The number of nitrogens with zero attached hydrogens (tertiary/aromatic N) is 1. The van der Waals surface area contributed by atoms with Crippen molar-refractivity contribution < 1.29 is 4.79 Å². The molecule has 0 aliphatic heterocycles. The SMILES string of the molecule is CC1CCC(CN)(C(=O)NC(C)c2ccncc2)CC1. The number of hydrogen-bond acceptors (Lipinski definition) is 3. The standard InChI is InChI=1S/C16H25N3O/c1-12-3-7-16(11-17,8-4-12)15(20)19-13(2)14-5-9-18-10-6-14/h5-6,9-10,12-13H,3-4,7-8,11,17H2,1-2H3,(H,19,20). The van der Waals surface area contributed by atoms with Gasteiger partial charge in [-0.1, -0.05) is 6.92 Å². The summed E-state index contributed by atoms with van der Waals surface area (Å²) in [5.74, 6) is 0.816. The highest BCUT2D eigenvalue weighted by Gasteiger charge is 2.40. The van der Waals surface area contributed by atoms with Crippen LogP contribution in [0.3, 0.4) is 0 Å². The van der Waals surface area contributed by atoms with Crippen LogP contribution < -0.4 is 11.1 Å². The minimum absolute atomic E-state index is 0.00623. The van der Waals surface area contributed by atoms with Gasteiger partial charge < -0.3 is 11.1 Å². The highest BCUT2D eigenvalue weighted by atomic mass is 16.2. The monoisotopic (exact) mass is 275 g/mol. The number of carbonyl (C=O) groups is 1. The molecule has 0 aromatic carbocycles. The van der Waals surface area contributed by atoms with E-state index in [9.17, 15) is 4.79 Å². The Morgan fingerprint density at radius 2 is 2.05 bits per heavy atom. The first-order chi connectivity index (χ1) is 9.57. The number of carbonyl (C=O) groups excluding carboxylic acids is 1. The molecule has 1 atom stereocenters. The molecule has 1 aromatic rings. The second-order valence-corrected chi connectivity index (χ2v) is 6.14. The van der Waals surface area contributed by atoms with Crippen molar-refractivity contribution in [1.82, 2.24) is 10.3 Å². The van der Waals surface area contributed by atoms with Gasteiger partial charge in [-0.3, -0.25) is 9.78 Å². The summed E-state index contributed by atoms with van der Waals surface area (Å²) < 4.78 is 0. The maximum Gasteiger partial charge on any atom is 0.227 e. The first kappa shape index (κ1) is 15.0. The van der Waals surface area contributed by atoms with Gasteiger partial charge in [0.1, 0.15) is 0 Å². The van der Waals surface area contributed by atoms with Crippen molar-refractivity contribution >= 4 is 5.91 Å². The number of nitrogens with two attached hydrogens (primary N) is 1. The summed E-state index contributed by atoms with van der Waals surface area (Å²) in [6.45, 7) is 4.69. The molecule has 2 rings (SSSR count). The zero-order valence-corrected chi connectivity index (χ0v) is 12.4. The Hall–Kier alpha value is -1.42. The smallest absolute Gasteiger partial charge is 0.227 e. The first-order valence-electron chi connectivity index (χ1n) is 7.48. The highest BCUT2D eigenvalue weighted by molar-refractivity contribution is 5.83. The molecule has 0 radical (unpaired) electrons. The van der Waals surface area contributed by atoms with Crippen LogP contribution in [0.25, 0.3) is 0 Å². The van der Waals surface area contributed by atoms with Gasteiger partial charge in [-0.25, -0.2) is 0 Å². The van der Waals surface area contributed by atoms with E-state index in [2.05, 4.69) is 17.2 Å². The fourth-order valence-corrected chi connectivity index (χ4v) is 2.92. The molecule has 110 valence electrons. The van der Waals surface area contributed by atoms with E-state index in [1.54, 1.807) is 12.4 Å². The fraction of sp³-hybridized carbons (Fsp3) is 0.625. The van der Waals surface area contributed by atoms with E-state index in [-0.39, 0.29) is 17.4 Å². The van der Waals surface area contributed by atoms with Crippen molar-refractivity contribution in [3.05, 3.63) is 30.1 Å². The molecule has 1 amide bonds. The quantitative estimate of drug-likeness (QED) is 0.886. The normalized spacial score (nSPS) is 27.9. The molecule has 1 aliphatic rings. The molecule has 1 unspecified atom stereocenters. The number of pyridine rings is 1. The van der Waals surface area contributed by atoms with Crippen LogP contribution in [0.1, 0.15) is 51.1 Å². The summed E-state index contributed by atoms with van der Waals surface area (Å²) in [6.07, 6.45) is 7.49. The fourth-order valence-electron chi connectivity index (χ4n) is 2.92. The number of amides is 1. The molecule has 1 aromatic heterocycles. The third-order valence-corrected chi connectivity index (χ3v) is 4.66. The second kappa shape index (κ2) is 6.35. The molecule has 0 bridgehead atoms. The lowest BCUT2D eigenvalue weighted by molar-refractivity contribution is -0.133. The van der Waals surface area contributed by atoms with E-state index in [0.717, 1.165) is 31.2 Å². The van der Waals surface area contributed by atoms with Gasteiger partial charge in [0.15, 0.2) is 0 Å². The summed E-state index contributed by atoms with van der Waals surface area (Å²) in [6, 6.07) is 3.86. The Kier molecular flexibility index (Phi) is 4.76. The molecule has 1 aliphatic carbocycles. The van der Waals surface area contributed by atoms with Crippen LogP contribution in [-0.2, 0) is 4.79 Å². The van der Waals surface area contributed by atoms with Crippen LogP contribution >= 0.6 is 0 Å². The molecule has 4 nitrogen and oxygen atoms in total. The van der Waals surface area contributed by atoms with Crippen LogP contribution in [-0.4, -0.2) is 17.4 Å². The molecule has 20 heavy (non-hydrogen) atoms. The van der Waals surface area contributed by atoms with E-state index in [0.29, 0.717) is 12.5 Å². The predicted octanol–water partition coefficient (Wildman–Crippen LogP) is 2.41. The molecule has 1 heterocycles. The Bertz CT molecular complexity index is 438. The van der Waals surface area contributed by atoms with Crippen molar-refractivity contribution in [2.45, 2.75) is 45.6 Å². The van der Waals surface area contributed by atoms with Crippen LogP contribution in [0.4, 0.5) is 0 Å². The summed E-state index contributed by atoms with van der Waals surface area (Å²) in [7, 11) is 0. The predicted molar refractivity (Wildman–Crippen MR) is 79.9 cm³/mol. The second-order valence-electron chi connectivity index (χ2n) is 6.14. The van der Waals surface area contributed by atoms with Gasteiger partial charge in [-0.15, -0.1) is 0 Å². The van der Waals surface area contributed by atoms with Crippen molar-refractivity contribution in [2.24, 2.45) is 17.1 Å². The van der Waals surface area contributed by atoms with Gasteiger partial charge in [0.2, 0.25) is 5.91 Å². The van der Waals surface area contributed by atoms with Crippen molar-refractivity contribution in [1.29, 1.82) is 0 Å².